The van der Waals surface area contributed by atoms with Crippen LogP contribution in [0.1, 0.15) is 278 Å². The van der Waals surface area contributed by atoms with E-state index in [0.717, 1.165) is 103 Å². The van der Waals surface area contributed by atoms with Crippen LogP contribution in [0.4, 0.5) is 0 Å². The largest absolute Gasteiger partial charge is 0.462 e. The molecule has 0 aromatic carbocycles. The molecular formula is C69H114O6. The van der Waals surface area contributed by atoms with Gasteiger partial charge in [-0.25, -0.2) is 0 Å². The first-order valence-corrected chi connectivity index (χ1v) is 31.0. The van der Waals surface area contributed by atoms with Gasteiger partial charge in [0.2, 0.25) is 0 Å². The summed E-state index contributed by atoms with van der Waals surface area (Å²) in [6.07, 6.45) is 86.5. The summed E-state index contributed by atoms with van der Waals surface area (Å²) in [6, 6.07) is 0. The summed E-state index contributed by atoms with van der Waals surface area (Å²) in [6.45, 7) is 6.35. The Kier molecular flexibility index (Phi) is 58.9. The maximum atomic E-state index is 12.8. The molecular weight excluding hydrogens is 925 g/mol. The molecule has 0 N–H and O–H groups in total. The average Bonchev–Trinajstić information content (AvgIpc) is 3.41. The minimum atomic E-state index is -0.819. The lowest BCUT2D eigenvalue weighted by molar-refractivity contribution is -0.166. The number of hydrogen-bond acceptors (Lipinski definition) is 6. The SMILES string of the molecule is CC/C=C\C/C=C\C/C=C\C/C=C\C/C=C\C/C=C\CCC(=O)OC(COC(=O)CCCCCCCCCCCCC)COC(=O)CCCCCCCCCCCCCCCC/C=C\C/C=C\C/C=C\C/C=C\CC. The van der Waals surface area contributed by atoms with Crippen molar-refractivity contribution in [2.45, 2.75) is 284 Å². The highest BCUT2D eigenvalue weighted by atomic mass is 16.6. The van der Waals surface area contributed by atoms with E-state index in [4.69, 9.17) is 14.2 Å². The highest BCUT2D eigenvalue weighted by molar-refractivity contribution is 5.71. The summed E-state index contributed by atoms with van der Waals surface area (Å²) in [4.78, 5) is 38.2. The number of unbranched alkanes of at least 4 members (excludes halogenated alkanes) is 24. The predicted octanol–water partition coefficient (Wildman–Crippen LogP) is 21.2. The van der Waals surface area contributed by atoms with Crippen molar-refractivity contribution in [3.63, 3.8) is 0 Å². The summed E-state index contributed by atoms with van der Waals surface area (Å²) in [5, 5.41) is 0. The van der Waals surface area contributed by atoms with Crippen molar-refractivity contribution in [1.82, 2.24) is 0 Å². The van der Waals surface area contributed by atoms with E-state index in [0.29, 0.717) is 19.3 Å². The van der Waals surface area contributed by atoms with E-state index in [1.54, 1.807) is 0 Å². The summed E-state index contributed by atoms with van der Waals surface area (Å²) in [7, 11) is 0. The number of ether oxygens (including phenoxy) is 3. The van der Waals surface area contributed by atoms with E-state index < -0.39 is 12.1 Å². The second-order valence-electron chi connectivity index (χ2n) is 20.2. The molecule has 0 saturated heterocycles. The van der Waals surface area contributed by atoms with Gasteiger partial charge in [-0.2, -0.15) is 0 Å². The van der Waals surface area contributed by atoms with Gasteiger partial charge in [0.1, 0.15) is 13.2 Å². The zero-order valence-electron chi connectivity index (χ0n) is 48.8. The van der Waals surface area contributed by atoms with Gasteiger partial charge in [-0.05, 0) is 96.3 Å². The Labute approximate surface area is 462 Å². The van der Waals surface area contributed by atoms with Crippen molar-refractivity contribution < 1.29 is 28.6 Å². The summed E-state index contributed by atoms with van der Waals surface area (Å²) < 4.78 is 16.8. The maximum absolute atomic E-state index is 12.8. The van der Waals surface area contributed by atoms with Gasteiger partial charge in [-0.3, -0.25) is 14.4 Å². The molecule has 0 radical (unpaired) electrons. The second kappa shape index (κ2) is 62.4. The van der Waals surface area contributed by atoms with Crippen molar-refractivity contribution >= 4 is 17.9 Å². The molecule has 1 atom stereocenters. The van der Waals surface area contributed by atoms with Gasteiger partial charge in [0.25, 0.3) is 0 Å². The standard InChI is InChI=1S/C69H114O6/c1-4-7-10-13-16-19-22-24-26-28-30-31-32-33-34-35-36-37-39-40-42-44-47-50-53-56-59-62-68(71)74-65-66(64-73-67(70)61-58-55-52-49-46-21-18-15-12-9-6-3)75-69(72)63-60-57-54-51-48-45-43-41-38-29-27-25-23-20-17-14-11-8-5-2/h7-8,10-11,16-17,19-20,24-27,30-31,38,41,45,48,54,57,66H,4-6,9,12-15,18,21-23,28-29,32-37,39-40,42-44,46-47,49-53,55-56,58-65H2,1-3H3/b10-7-,11-8-,19-16-,20-17-,26-24-,27-25-,31-30-,41-38-,48-45-,57-54-. The number of rotatable bonds is 55. The number of esters is 3. The van der Waals surface area contributed by atoms with E-state index in [2.05, 4.69) is 136 Å². The van der Waals surface area contributed by atoms with Gasteiger partial charge in [-0.1, -0.05) is 284 Å². The molecule has 0 aromatic rings. The Bertz CT molecular complexity index is 1570. The molecule has 0 aliphatic rings. The minimum absolute atomic E-state index is 0.108. The van der Waals surface area contributed by atoms with Gasteiger partial charge in [-0.15, -0.1) is 0 Å². The topological polar surface area (TPSA) is 78.9 Å². The van der Waals surface area contributed by atoms with E-state index in [1.807, 2.05) is 6.08 Å². The van der Waals surface area contributed by atoms with Crippen LogP contribution in [0.25, 0.3) is 0 Å². The van der Waals surface area contributed by atoms with Gasteiger partial charge < -0.3 is 14.2 Å². The normalized spacial score (nSPS) is 12.9. The Morgan fingerprint density at radius 1 is 0.280 bits per heavy atom. The van der Waals surface area contributed by atoms with Crippen molar-refractivity contribution in [1.29, 1.82) is 0 Å². The second-order valence-corrected chi connectivity index (χ2v) is 20.2. The van der Waals surface area contributed by atoms with E-state index in [9.17, 15) is 14.4 Å². The lowest BCUT2D eigenvalue weighted by atomic mass is 10.0. The molecule has 0 aliphatic heterocycles. The number of hydrogen-bond donors (Lipinski definition) is 0. The molecule has 6 nitrogen and oxygen atoms in total. The fraction of sp³-hybridized carbons (Fsp3) is 0.667. The molecule has 0 amide bonds. The van der Waals surface area contributed by atoms with Crippen LogP contribution in [0.5, 0.6) is 0 Å². The summed E-state index contributed by atoms with van der Waals surface area (Å²) in [5.41, 5.74) is 0. The van der Waals surface area contributed by atoms with Gasteiger partial charge in [0.15, 0.2) is 6.10 Å². The third kappa shape index (κ3) is 60.6. The van der Waals surface area contributed by atoms with Crippen LogP contribution in [0.2, 0.25) is 0 Å². The zero-order valence-corrected chi connectivity index (χ0v) is 48.8. The van der Waals surface area contributed by atoms with Gasteiger partial charge in [0.05, 0.1) is 0 Å². The first-order valence-electron chi connectivity index (χ1n) is 31.0. The first-order chi connectivity index (χ1) is 37.0. The van der Waals surface area contributed by atoms with Crippen LogP contribution >= 0.6 is 0 Å². The molecule has 1 unspecified atom stereocenters. The summed E-state index contributed by atoms with van der Waals surface area (Å²) in [5.74, 6) is -0.990. The Morgan fingerprint density at radius 3 is 0.867 bits per heavy atom. The fourth-order valence-electron chi connectivity index (χ4n) is 8.40. The summed E-state index contributed by atoms with van der Waals surface area (Å²) >= 11 is 0. The Hall–Kier alpha value is -4.19. The molecule has 0 heterocycles. The lowest BCUT2D eigenvalue weighted by Crippen LogP contribution is -2.30. The van der Waals surface area contributed by atoms with Crippen LogP contribution in [-0.2, 0) is 28.6 Å². The zero-order chi connectivity index (χ0) is 54.3. The Balaban J connectivity index is 4.34. The predicted molar refractivity (Wildman–Crippen MR) is 325 cm³/mol. The van der Waals surface area contributed by atoms with Gasteiger partial charge >= 0.3 is 17.9 Å². The molecule has 75 heavy (non-hydrogen) atoms. The van der Waals surface area contributed by atoms with Crippen LogP contribution in [0.3, 0.4) is 0 Å². The third-order valence-electron chi connectivity index (χ3n) is 13.0. The molecule has 426 valence electrons. The molecule has 0 bridgehead atoms. The lowest BCUT2D eigenvalue weighted by Gasteiger charge is -2.18. The van der Waals surface area contributed by atoms with Crippen LogP contribution in [-0.4, -0.2) is 37.2 Å². The molecule has 0 aromatic heterocycles. The molecule has 0 spiro atoms. The maximum Gasteiger partial charge on any atom is 0.306 e. The third-order valence-corrected chi connectivity index (χ3v) is 13.0. The van der Waals surface area contributed by atoms with E-state index in [1.165, 1.54) is 128 Å². The van der Waals surface area contributed by atoms with Gasteiger partial charge in [0, 0.05) is 19.3 Å². The number of carbonyl (C=O) groups excluding carboxylic acids is 3. The van der Waals surface area contributed by atoms with Crippen LogP contribution in [0, 0.1) is 0 Å². The van der Waals surface area contributed by atoms with Crippen molar-refractivity contribution in [3.05, 3.63) is 122 Å². The smallest absolute Gasteiger partial charge is 0.306 e. The van der Waals surface area contributed by atoms with Crippen LogP contribution in [0.15, 0.2) is 122 Å². The highest BCUT2D eigenvalue weighted by Gasteiger charge is 2.19. The molecule has 0 aliphatic carbocycles. The van der Waals surface area contributed by atoms with Crippen molar-refractivity contribution in [3.8, 4) is 0 Å². The molecule has 0 fully saturated rings. The monoisotopic (exact) mass is 1040 g/mol. The first kappa shape index (κ1) is 70.8. The van der Waals surface area contributed by atoms with E-state index in [-0.39, 0.29) is 31.6 Å². The van der Waals surface area contributed by atoms with Crippen LogP contribution < -0.4 is 0 Å². The molecule has 0 saturated carbocycles. The average molecular weight is 1040 g/mol. The molecule has 6 heteroatoms. The van der Waals surface area contributed by atoms with Crippen molar-refractivity contribution in [2.75, 3.05) is 13.2 Å². The van der Waals surface area contributed by atoms with Crippen molar-refractivity contribution in [2.24, 2.45) is 0 Å². The fourth-order valence-corrected chi connectivity index (χ4v) is 8.40. The highest BCUT2D eigenvalue weighted by Crippen LogP contribution is 2.16. The quantitative estimate of drug-likeness (QED) is 0.0261. The molecule has 0 rings (SSSR count). The van der Waals surface area contributed by atoms with E-state index >= 15 is 0 Å². The number of carbonyl (C=O) groups is 3. The minimum Gasteiger partial charge on any atom is -0.462 e. The Morgan fingerprint density at radius 2 is 0.547 bits per heavy atom. The number of allylic oxidation sites excluding steroid dienone is 20.